The molecule has 6 nitrogen and oxygen atoms in total. The van der Waals surface area contributed by atoms with Crippen LogP contribution in [0.25, 0.3) is 0 Å². The van der Waals surface area contributed by atoms with Crippen molar-refractivity contribution < 1.29 is 4.79 Å². The minimum atomic E-state index is -0.149. The molecule has 0 atom stereocenters. The number of rotatable bonds is 4. The largest absolute Gasteiger partial charge is 0.350 e. The van der Waals surface area contributed by atoms with Crippen molar-refractivity contribution in [3.63, 3.8) is 0 Å². The first-order chi connectivity index (χ1) is 7.75. The van der Waals surface area contributed by atoms with Gasteiger partial charge in [-0.05, 0) is 6.92 Å². The molecule has 0 unspecified atom stereocenters. The van der Waals surface area contributed by atoms with E-state index in [0.29, 0.717) is 18.7 Å². The fraction of sp³-hybridized carbons (Fsp3) is 0.333. The van der Waals surface area contributed by atoms with Gasteiger partial charge in [0.2, 0.25) is 0 Å². The smallest absolute Gasteiger partial charge is 0.270 e. The topological polar surface area (TPSA) is 83.6 Å². The van der Waals surface area contributed by atoms with E-state index < -0.39 is 0 Å². The van der Waals surface area contributed by atoms with Crippen LogP contribution in [0.2, 0.25) is 0 Å². The molecule has 2 N–H and O–H groups in total. The van der Waals surface area contributed by atoms with Gasteiger partial charge >= 0.3 is 0 Å². The molecule has 0 aromatic carbocycles. The SMILES string of the molecule is Cc1nc(C(=O)NCCc2ncn[nH]2)cs1. The van der Waals surface area contributed by atoms with E-state index in [1.807, 2.05) is 6.92 Å². The van der Waals surface area contributed by atoms with Gasteiger partial charge in [-0.25, -0.2) is 9.97 Å². The molecule has 0 spiro atoms. The molecule has 84 valence electrons. The van der Waals surface area contributed by atoms with Gasteiger partial charge in [0.15, 0.2) is 0 Å². The van der Waals surface area contributed by atoms with Crippen LogP contribution in [0.4, 0.5) is 0 Å². The van der Waals surface area contributed by atoms with E-state index in [0.717, 1.165) is 10.8 Å². The van der Waals surface area contributed by atoms with Crippen LogP contribution in [0.15, 0.2) is 11.7 Å². The van der Waals surface area contributed by atoms with Crippen LogP contribution in [-0.2, 0) is 6.42 Å². The molecule has 2 heterocycles. The molecular formula is C9H11N5OS. The first-order valence-corrected chi connectivity index (χ1v) is 5.68. The zero-order valence-electron chi connectivity index (χ0n) is 8.73. The molecule has 2 aromatic heterocycles. The van der Waals surface area contributed by atoms with Crippen LogP contribution in [-0.4, -0.2) is 32.6 Å². The molecule has 1 amide bonds. The van der Waals surface area contributed by atoms with Gasteiger partial charge in [0.25, 0.3) is 5.91 Å². The lowest BCUT2D eigenvalue weighted by Gasteiger charge is -2.00. The maximum atomic E-state index is 11.6. The molecule has 2 aromatic rings. The lowest BCUT2D eigenvalue weighted by atomic mass is 10.4. The Kier molecular flexibility index (Phi) is 3.25. The number of amides is 1. The average Bonchev–Trinajstić information content (AvgIpc) is 2.89. The van der Waals surface area contributed by atoms with E-state index in [2.05, 4.69) is 25.5 Å². The molecule has 0 aliphatic heterocycles. The standard InChI is InChI=1S/C9H11N5OS/c1-6-13-7(4-16-6)9(15)10-3-2-8-11-5-12-14-8/h4-5H,2-3H2,1H3,(H,10,15)(H,11,12,14). The number of aryl methyl sites for hydroxylation is 1. The highest BCUT2D eigenvalue weighted by Gasteiger charge is 2.08. The third kappa shape index (κ3) is 2.63. The number of carbonyl (C=O) groups is 1. The summed E-state index contributed by atoms with van der Waals surface area (Å²) < 4.78 is 0. The molecule has 7 heteroatoms. The van der Waals surface area contributed by atoms with Gasteiger partial charge in [-0.2, -0.15) is 5.10 Å². The average molecular weight is 237 g/mol. The van der Waals surface area contributed by atoms with Crippen molar-refractivity contribution >= 4 is 17.2 Å². The molecule has 2 rings (SSSR count). The van der Waals surface area contributed by atoms with E-state index in [1.54, 1.807) is 5.38 Å². The summed E-state index contributed by atoms with van der Waals surface area (Å²) in [7, 11) is 0. The lowest BCUT2D eigenvalue weighted by molar-refractivity contribution is 0.0949. The maximum absolute atomic E-state index is 11.6. The maximum Gasteiger partial charge on any atom is 0.270 e. The summed E-state index contributed by atoms with van der Waals surface area (Å²) in [5.74, 6) is 0.610. The van der Waals surface area contributed by atoms with Gasteiger partial charge in [0, 0.05) is 18.3 Å². The molecule has 0 aliphatic carbocycles. The summed E-state index contributed by atoms with van der Waals surface area (Å²) in [4.78, 5) is 19.6. The van der Waals surface area contributed by atoms with E-state index in [4.69, 9.17) is 0 Å². The Morgan fingerprint density at radius 2 is 2.50 bits per heavy atom. The molecule has 0 aliphatic rings. The van der Waals surface area contributed by atoms with Crippen LogP contribution in [0.3, 0.4) is 0 Å². The van der Waals surface area contributed by atoms with Crippen LogP contribution in [0.1, 0.15) is 21.3 Å². The van der Waals surface area contributed by atoms with Gasteiger partial charge < -0.3 is 5.32 Å². The second-order valence-corrected chi connectivity index (χ2v) is 4.25. The summed E-state index contributed by atoms with van der Waals surface area (Å²) in [6, 6.07) is 0. The Balaban J connectivity index is 1.80. The molecule has 16 heavy (non-hydrogen) atoms. The van der Waals surface area contributed by atoms with E-state index >= 15 is 0 Å². The van der Waals surface area contributed by atoms with Gasteiger partial charge in [-0.3, -0.25) is 9.89 Å². The Morgan fingerprint density at radius 1 is 1.62 bits per heavy atom. The van der Waals surface area contributed by atoms with Gasteiger partial charge in [-0.1, -0.05) is 0 Å². The van der Waals surface area contributed by atoms with Gasteiger partial charge in [0.05, 0.1) is 5.01 Å². The van der Waals surface area contributed by atoms with Crippen LogP contribution in [0, 0.1) is 6.92 Å². The predicted molar refractivity (Wildman–Crippen MR) is 59.3 cm³/mol. The Bertz CT molecular complexity index is 464. The molecule has 0 saturated heterocycles. The molecule has 0 saturated carbocycles. The third-order valence-electron chi connectivity index (χ3n) is 1.96. The predicted octanol–water partition coefficient (Wildman–Crippen LogP) is 0.542. The highest BCUT2D eigenvalue weighted by atomic mass is 32.1. The van der Waals surface area contributed by atoms with Gasteiger partial charge in [0.1, 0.15) is 17.8 Å². The van der Waals surface area contributed by atoms with Crippen molar-refractivity contribution in [3.8, 4) is 0 Å². The molecule has 0 bridgehead atoms. The highest BCUT2D eigenvalue weighted by Crippen LogP contribution is 2.07. The fourth-order valence-electron chi connectivity index (χ4n) is 1.20. The summed E-state index contributed by atoms with van der Waals surface area (Å²) in [5, 5.41) is 11.9. The number of carbonyl (C=O) groups excluding carboxylic acids is 1. The van der Waals surface area contributed by atoms with E-state index in [9.17, 15) is 4.79 Å². The van der Waals surface area contributed by atoms with Crippen molar-refractivity contribution in [1.82, 2.24) is 25.5 Å². The van der Waals surface area contributed by atoms with Crippen molar-refractivity contribution in [2.45, 2.75) is 13.3 Å². The van der Waals surface area contributed by atoms with E-state index in [-0.39, 0.29) is 5.91 Å². The number of H-pyrrole nitrogens is 1. The normalized spacial score (nSPS) is 10.3. The summed E-state index contributed by atoms with van der Waals surface area (Å²) >= 11 is 1.46. The second-order valence-electron chi connectivity index (χ2n) is 3.19. The minimum absolute atomic E-state index is 0.149. The fourth-order valence-corrected chi connectivity index (χ4v) is 1.80. The first-order valence-electron chi connectivity index (χ1n) is 4.80. The van der Waals surface area contributed by atoms with Crippen molar-refractivity contribution in [2.75, 3.05) is 6.54 Å². The van der Waals surface area contributed by atoms with Crippen molar-refractivity contribution in [1.29, 1.82) is 0 Å². The number of aromatic nitrogens is 4. The molecule has 0 fully saturated rings. The highest BCUT2D eigenvalue weighted by molar-refractivity contribution is 7.09. The first kappa shape index (κ1) is 10.7. The minimum Gasteiger partial charge on any atom is -0.350 e. The van der Waals surface area contributed by atoms with E-state index in [1.165, 1.54) is 17.7 Å². The molecular weight excluding hydrogens is 226 g/mol. The Hall–Kier alpha value is -1.76. The number of nitrogens with one attached hydrogen (secondary N) is 2. The molecule has 0 radical (unpaired) electrons. The van der Waals surface area contributed by atoms with Crippen molar-refractivity contribution in [2.24, 2.45) is 0 Å². The number of thiazole rings is 1. The monoisotopic (exact) mass is 237 g/mol. The van der Waals surface area contributed by atoms with Crippen LogP contribution < -0.4 is 5.32 Å². The van der Waals surface area contributed by atoms with Crippen LogP contribution >= 0.6 is 11.3 Å². The third-order valence-corrected chi connectivity index (χ3v) is 2.74. The Labute approximate surface area is 96.1 Å². The summed E-state index contributed by atoms with van der Waals surface area (Å²) in [6.07, 6.45) is 2.08. The Morgan fingerprint density at radius 3 is 3.12 bits per heavy atom. The second kappa shape index (κ2) is 4.84. The number of nitrogens with zero attached hydrogens (tertiary/aromatic N) is 3. The summed E-state index contributed by atoms with van der Waals surface area (Å²) in [5.41, 5.74) is 0.472. The number of hydrogen-bond donors (Lipinski definition) is 2. The zero-order chi connectivity index (χ0) is 11.4. The number of aromatic amines is 1. The zero-order valence-corrected chi connectivity index (χ0v) is 9.54. The van der Waals surface area contributed by atoms with Crippen LogP contribution in [0.5, 0.6) is 0 Å². The van der Waals surface area contributed by atoms with Crippen molar-refractivity contribution in [3.05, 3.63) is 28.2 Å². The quantitative estimate of drug-likeness (QED) is 0.813. The van der Waals surface area contributed by atoms with Gasteiger partial charge in [-0.15, -0.1) is 11.3 Å². The summed E-state index contributed by atoms with van der Waals surface area (Å²) in [6.45, 7) is 2.39. The number of hydrogen-bond acceptors (Lipinski definition) is 5. The lowest BCUT2D eigenvalue weighted by Crippen LogP contribution is -2.26.